The van der Waals surface area contributed by atoms with Gasteiger partial charge in [0.15, 0.2) is 5.82 Å². The molecule has 2 aromatic carbocycles. The quantitative estimate of drug-likeness (QED) is 0.784. The summed E-state index contributed by atoms with van der Waals surface area (Å²) in [6.45, 7) is 2.65. The molecule has 0 bridgehead atoms. The van der Waals surface area contributed by atoms with Crippen LogP contribution in [0, 0.1) is 12.7 Å². The van der Waals surface area contributed by atoms with Crippen LogP contribution in [0.5, 0.6) is 0 Å². The SMILES string of the molecule is Cc1cnc(-c2ccccc2F)nc1Nc1ccc2c(c1)C=NC2. The van der Waals surface area contributed by atoms with Gasteiger partial charge < -0.3 is 5.32 Å². The van der Waals surface area contributed by atoms with E-state index in [1.165, 1.54) is 11.6 Å². The number of hydrogen-bond acceptors (Lipinski definition) is 4. The molecule has 118 valence electrons. The first-order chi connectivity index (χ1) is 11.7. The van der Waals surface area contributed by atoms with Crippen molar-refractivity contribution in [3.8, 4) is 11.4 Å². The van der Waals surface area contributed by atoms with Gasteiger partial charge in [0.1, 0.15) is 11.6 Å². The fourth-order valence-electron chi connectivity index (χ4n) is 2.66. The Morgan fingerprint density at radius 3 is 2.88 bits per heavy atom. The van der Waals surface area contributed by atoms with E-state index < -0.39 is 0 Å². The highest BCUT2D eigenvalue weighted by atomic mass is 19.1. The maximum Gasteiger partial charge on any atom is 0.164 e. The van der Waals surface area contributed by atoms with E-state index in [2.05, 4.69) is 26.3 Å². The molecular formula is C19H15FN4. The molecular weight excluding hydrogens is 303 g/mol. The van der Waals surface area contributed by atoms with E-state index in [1.54, 1.807) is 24.4 Å². The van der Waals surface area contributed by atoms with Crippen molar-refractivity contribution in [1.82, 2.24) is 9.97 Å². The molecule has 4 rings (SSSR count). The average Bonchev–Trinajstić information content (AvgIpc) is 3.05. The summed E-state index contributed by atoms with van der Waals surface area (Å²) in [7, 11) is 0. The largest absolute Gasteiger partial charge is 0.340 e. The normalized spacial score (nSPS) is 12.2. The van der Waals surface area contributed by atoms with Crippen LogP contribution in [0.2, 0.25) is 0 Å². The maximum atomic E-state index is 14.0. The van der Waals surface area contributed by atoms with Crippen molar-refractivity contribution in [1.29, 1.82) is 0 Å². The van der Waals surface area contributed by atoms with Crippen molar-refractivity contribution in [2.45, 2.75) is 13.5 Å². The van der Waals surface area contributed by atoms with E-state index in [0.29, 0.717) is 17.2 Å². The van der Waals surface area contributed by atoms with Gasteiger partial charge in [0.25, 0.3) is 0 Å². The summed E-state index contributed by atoms with van der Waals surface area (Å²) < 4.78 is 14.0. The van der Waals surface area contributed by atoms with Crippen molar-refractivity contribution >= 4 is 17.7 Å². The molecule has 0 amide bonds. The highest BCUT2D eigenvalue weighted by Crippen LogP contribution is 2.25. The average molecular weight is 318 g/mol. The lowest BCUT2D eigenvalue weighted by atomic mass is 10.1. The number of rotatable bonds is 3. The van der Waals surface area contributed by atoms with Gasteiger partial charge in [-0.05, 0) is 42.3 Å². The minimum atomic E-state index is -0.332. The summed E-state index contributed by atoms with van der Waals surface area (Å²) in [5.41, 5.74) is 4.53. The monoisotopic (exact) mass is 318 g/mol. The van der Waals surface area contributed by atoms with Crippen LogP contribution < -0.4 is 5.32 Å². The molecule has 3 aromatic rings. The Hall–Kier alpha value is -3.08. The number of anilines is 2. The third-order valence-electron chi connectivity index (χ3n) is 3.99. The van der Waals surface area contributed by atoms with Crippen LogP contribution in [0.4, 0.5) is 15.9 Å². The second-order valence-corrected chi connectivity index (χ2v) is 5.71. The molecule has 1 aliphatic rings. The number of benzene rings is 2. The lowest BCUT2D eigenvalue weighted by Crippen LogP contribution is -2.01. The molecule has 0 saturated heterocycles. The highest BCUT2D eigenvalue weighted by Gasteiger charge is 2.11. The standard InChI is InChI=1S/C19H15FN4/c1-12-9-22-19(16-4-2-3-5-17(16)20)24-18(12)23-15-7-6-13-10-21-11-14(13)8-15/h2-9,11H,10H2,1H3,(H,22,23,24). The van der Waals surface area contributed by atoms with Crippen molar-refractivity contribution in [2.24, 2.45) is 4.99 Å². The smallest absolute Gasteiger partial charge is 0.164 e. The predicted octanol–water partition coefficient (Wildman–Crippen LogP) is 4.27. The third-order valence-corrected chi connectivity index (χ3v) is 3.99. The van der Waals surface area contributed by atoms with Crippen LogP contribution in [0.1, 0.15) is 16.7 Å². The number of hydrogen-bond donors (Lipinski definition) is 1. The molecule has 0 fully saturated rings. The first kappa shape index (κ1) is 14.5. The molecule has 24 heavy (non-hydrogen) atoms. The molecule has 5 heteroatoms. The van der Waals surface area contributed by atoms with Gasteiger partial charge >= 0.3 is 0 Å². The Morgan fingerprint density at radius 2 is 2.00 bits per heavy atom. The van der Waals surface area contributed by atoms with E-state index in [-0.39, 0.29) is 5.82 Å². The van der Waals surface area contributed by atoms with Gasteiger partial charge in [-0.3, -0.25) is 4.99 Å². The van der Waals surface area contributed by atoms with Gasteiger partial charge in [-0.25, -0.2) is 14.4 Å². The molecule has 4 nitrogen and oxygen atoms in total. The molecule has 2 heterocycles. The Bertz CT molecular complexity index is 950. The highest BCUT2D eigenvalue weighted by molar-refractivity contribution is 5.86. The lowest BCUT2D eigenvalue weighted by Gasteiger charge is -2.11. The van der Waals surface area contributed by atoms with Gasteiger partial charge in [-0.2, -0.15) is 0 Å². The minimum Gasteiger partial charge on any atom is -0.340 e. The predicted molar refractivity (Wildman–Crippen MR) is 93.2 cm³/mol. The molecule has 0 unspecified atom stereocenters. The maximum absolute atomic E-state index is 14.0. The Morgan fingerprint density at radius 1 is 1.12 bits per heavy atom. The minimum absolute atomic E-state index is 0.332. The number of nitrogens with one attached hydrogen (secondary N) is 1. The van der Waals surface area contributed by atoms with Crippen LogP contribution in [0.15, 0.2) is 53.7 Å². The van der Waals surface area contributed by atoms with Crippen LogP contribution in [-0.2, 0) is 6.54 Å². The number of halogens is 1. The van der Waals surface area contributed by atoms with Gasteiger partial charge in [0.2, 0.25) is 0 Å². The van der Waals surface area contributed by atoms with Gasteiger partial charge in [0.05, 0.1) is 12.1 Å². The zero-order valence-electron chi connectivity index (χ0n) is 13.1. The van der Waals surface area contributed by atoms with Crippen LogP contribution >= 0.6 is 0 Å². The van der Waals surface area contributed by atoms with Crippen molar-refractivity contribution in [3.63, 3.8) is 0 Å². The Kier molecular flexibility index (Phi) is 3.54. The van der Waals surface area contributed by atoms with E-state index in [4.69, 9.17) is 0 Å². The van der Waals surface area contributed by atoms with E-state index in [9.17, 15) is 4.39 Å². The van der Waals surface area contributed by atoms with Gasteiger partial charge in [0, 0.05) is 23.7 Å². The van der Waals surface area contributed by atoms with Crippen molar-refractivity contribution in [2.75, 3.05) is 5.32 Å². The lowest BCUT2D eigenvalue weighted by molar-refractivity contribution is 0.630. The fourth-order valence-corrected chi connectivity index (χ4v) is 2.66. The van der Waals surface area contributed by atoms with Crippen molar-refractivity contribution < 1.29 is 4.39 Å². The molecule has 0 radical (unpaired) electrons. The molecule has 1 aliphatic heterocycles. The summed E-state index contributed by atoms with van der Waals surface area (Å²) in [4.78, 5) is 13.0. The molecule has 1 N–H and O–H groups in total. The summed E-state index contributed by atoms with van der Waals surface area (Å²) >= 11 is 0. The van der Waals surface area contributed by atoms with E-state index in [0.717, 1.165) is 23.4 Å². The number of fused-ring (bicyclic) bond motifs is 1. The molecule has 1 aromatic heterocycles. The topological polar surface area (TPSA) is 50.2 Å². The summed E-state index contributed by atoms with van der Waals surface area (Å²) in [5, 5.41) is 3.30. The number of aryl methyl sites for hydroxylation is 1. The Balaban J connectivity index is 1.69. The molecule has 0 spiro atoms. The van der Waals surface area contributed by atoms with Crippen LogP contribution in [-0.4, -0.2) is 16.2 Å². The van der Waals surface area contributed by atoms with Gasteiger partial charge in [-0.1, -0.05) is 18.2 Å². The molecule has 0 aliphatic carbocycles. The molecule has 0 atom stereocenters. The third kappa shape index (κ3) is 2.65. The number of aliphatic imine (C=N–C) groups is 1. The first-order valence-corrected chi connectivity index (χ1v) is 7.69. The summed E-state index contributed by atoms with van der Waals surface area (Å²) in [6.07, 6.45) is 3.57. The number of aromatic nitrogens is 2. The van der Waals surface area contributed by atoms with Crippen LogP contribution in [0.3, 0.4) is 0 Å². The van der Waals surface area contributed by atoms with Crippen molar-refractivity contribution in [3.05, 3.63) is 71.2 Å². The number of nitrogens with zero attached hydrogens (tertiary/aromatic N) is 3. The molecule has 0 saturated carbocycles. The summed E-state index contributed by atoms with van der Waals surface area (Å²) in [6, 6.07) is 12.6. The second kappa shape index (κ2) is 5.85. The Labute approximate surface area is 139 Å². The fraction of sp³-hybridized carbons (Fsp3) is 0.105. The van der Waals surface area contributed by atoms with Crippen LogP contribution in [0.25, 0.3) is 11.4 Å². The zero-order chi connectivity index (χ0) is 16.5. The van der Waals surface area contributed by atoms with E-state index >= 15 is 0 Å². The zero-order valence-corrected chi connectivity index (χ0v) is 13.1. The first-order valence-electron chi connectivity index (χ1n) is 7.69. The second-order valence-electron chi connectivity index (χ2n) is 5.71. The van der Waals surface area contributed by atoms with E-state index in [1.807, 2.05) is 25.3 Å². The van der Waals surface area contributed by atoms with Gasteiger partial charge in [-0.15, -0.1) is 0 Å². The summed E-state index contributed by atoms with van der Waals surface area (Å²) in [5.74, 6) is 0.697.